The minimum absolute atomic E-state index is 0.227. The highest BCUT2D eigenvalue weighted by molar-refractivity contribution is 6.33. The summed E-state index contributed by atoms with van der Waals surface area (Å²) in [4.78, 5) is 11.9. The van der Waals surface area contributed by atoms with Crippen molar-refractivity contribution in [2.45, 2.75) is 0 Å². The molecule has 0 atom stereocenters. The molecule has 18 heavy (non-hydrogen) atoms. The molecule has 0 radical (unpaired) electrons. The Hall–Kier alpha value is -1.72. The van der Waals surface area contributed by atoms with Crippen LogP contribution in [0.1, 0.15) is 0 Å². The van der Waals surface area contributed by atoms with Crippen molar-refractivity contribution in [3.05, 3.63) is 46.7 Å². The van der Waals surface area contributed by atoms with Crippen LogP contribution in [-0.2, 0) is 0 Å². The molecule has 0 bridgehead atoms. The first kappa shape index (κ1) is 11.4. The Morgan fingerprint density at radius 2 is 1.83 bits per heavy atom. The summed E-state index contributed by atoms with van der Waals surface area (Å²) in [6, 6.07) is 5.53. The van der Waals surface area contributed by atoms with E-state index in [-0.39, 0.29) is 16.1 Å². The summed E-state index contributed by atoms with van der Waals surface area (Å²) in [7, 11) is 0. The topological polar surface area (TPSA) is 43.1 Å². The third-order valence-corrected chi connectivity index (χ3v) is 2.92. The lowest BCUT2D eigenvalue weighted by molar-refractivity contribution is 0.615. The van der Waals surface area contributed by atoms with Crippen molar-refractivity contribution in [3.63, 3.8) is 0 Å². The standard InChI is InChI=1S/C11H5Cl2FN4/c12-9-8(14)10(13)17-11(16-9)6-5-15-7-3-1-2-4-18(6)7/h1-5H. The molecule has 3 aromatic rings. The molecule has 0 aliphatic carbocycles. The lowest BCUT2D eigenvalue weighted by atomic mass is 10.4. The molecular weight excluding hydrogens is 278 g/mol. The van der Waals surface area contributed by atoms with Gasteiger partial charge in [-0.3, -0.25) is 4.40 Å². The first-order valence-electron chi connectivity index (χ1n) is 4.98. The van der Waals surface area contributed by atoms with Crippen LogP contribution in [0.4, 0.5) is 4.39 Å². The van der Waals surface area contributed by atoms with E-state index in [2.05, 4.69) is 15.0 Å². The van der Waals surface area contributed by atoms with Gasteiger partial charge in [0, 0.05) is 6.20 Å². The minimum Gasteiger partial charge on any atom is -0.297 e. The highest BCUT2D eigenvalue weighted by Crippen LogP contribution is 2.24. The summed E-state index contributed by atoms with van der Waals surface area (Å²) in [5.74, 6) is -0.596. The Balaban J connectivity index is 2.26. The largest absolute Gasteiger partial charge is 0.297 e. The summed E-state index contributed by atoms with van der Waals surface area (Å²) in [6.07, 6.45) is 3.38. The molecule has 0 saturated heterocycles. The molecule has 90 valence electrons. The average Bonchev–Trinajstić information content (AvgIpc) is 2.79. The number of halogens is 3. The van der Waals surface area contributed by atoms with Gasteiger partial charge < -0.3 is 0 Å². The lowest BCUT2D eigenvalue weighted by Gasteiger charge is -2.02. The average molecular weight is 283 g/mol. The zero-order valence-corrected chi connectivity index (χ0v) is 10.3. The number of rotatable bonds is 1. The molecule has 7 heteroatoms. The Morgan fingerprint density at radius 3 is 2.56 bits per heavy atom. The van der Waals surface area contributed by atoms with Crippen LogP contribution in [0, 0.1) is 5.82 Å². The van der Waals surface area contributed by atoms with Gasteiger partial charge in [-0.25, -0.2) is 19.3 Å². The molecule has 0 saturated carbocycles. The van der Waals surface area contributed by atoms with Gasteiger partial charge in [0.2, 0.25) is 0 Å². The quantitative estimate of drug-likeness (QED) is 0.644. The highest BCUT2D eigenvalue weighted by Gasteiger charge is 2.14. The van der Waals surface area contributed by atoms with Crippen LogP contribution in [0.5, 0.6) is 0 Å². The third-order valence-electron chi connectivity index (χ3n) is 2.42. The predicted molar refractivity (Wildman–Crippen MR) is 66.2 cm³/mol. The summed E-state index contributed by atoms with van der Waals surface area (Å²) >= 11 is 11.3. The fraction of sp³-hybridized carbons (Fsp3) is 0. The number of fused-ring (bicyclic) bond motifs is 1. The predicted octanol–water partition coefficient (Wildman–Crippen LogP) is 3.24. The fourth-order valence-corrected chi connectivity index (χ4v) is 1.99. The molecule has 0 unspecified atom stereocenters. The second-order valence-electron chi connectivity index (χ2n) is 3.52. The highest BCUT2D eigenvalue weighted by atomic mass is 35.5. The summed E-state index contributed by atoms with van der Waals surface area (Å²) in [5, 5.41) is -0.619. The van der Waals surface area contributed by atoms with Gasteiger partial charge in [0.1, 0.15) is 11.3 Å². The van der Waals surface area contributed by atoms with E-state index in [4.69, 9.17) is 23.2 Å². The van der Waals surface area contributed by atoms with E-state index in [0.717, 1.165) is 5.65 Å². The Morgan fingerprint density at radius 1 is 1.11 bits per heavy atom. The number of nitrogens with zero attached hydrogens (tertiary/aromatic N) is 4. The number of hydrogen-bond donors (Lipinski definition) is 0. The molecular formula is C11H5Cl2FN4. The smallest absolute Gasteiger partial charge is 0.197 e. The Bertz CT molecular complexity index is 718. The fourth-order valence-electron chi connectivity index (χ4n) is 1.61. The van der Waals surface area contributed by atoms with E-state index < -0.39 is 5.82 Å². The van der Waals surface area contributed by atoms with Crippen molar-refractivity contribution in [2.75, 3.05) is 0 Å². The van der Waals surface area contributed by atoms with Crippen molar-refractivity contribution >= 4 is 28.8 Å². The van der Waals surface area contributed by atoms with E-state index in [0.29, 0.717) is 5.69 Å². The Labute approximate surface area is 111 Å². The number of hydrogen-bond acceptors (Lipinski definition) is 3. The van der Waals surface area contributed by atoms with Gasteiger partial charge in [-0.1, -0.05) is 29.3 Å². The van der Waals surface area contributed by atoms with Crippen molar-refractivity contribution in [3.8, 4) is 11.5 Å². The molecule has 0 spiro atoms. The van der Waals surface area contributed by atoms with E-state index in [1.807, 2.05) is 18.2 Å². The SMILES string of the molecule is Fc1c(Cl)nc(-c2cnc3ccccn23)nc1Cl. The molecule has 0 aliphatic heterocycles. The zero-order chi connectivity index (χ0) is 12.7. The first-order valence-corrected chi connectivity index (χ1v) is 5.73. The second kappa shape index (κ2) is 4.19. The minimum atomic E-state index is -0.823. The van der Waals surface area contributed by atoms with Crippen molar-refractivity contribution in [1.29, 1.82) is 0 Å². The van der Waals surface area contributed by atoms with E-state index in [9.17, 15) is 4.39 Å². The van der Waals surface area contributed by atoms with E-state index >= 15 is 0 Å². The zero-order valence-electron chi connectivity index (χ0n) is 8.81. The summed E-state index contributed by atoms with van der Waals surface area (Å²) in [6.45, 7) is 0. The van der Waals surface area contributed by atoms with Crippen molar-refractivity contribution in [2.24, 2.45) is 0 Å². The molecule has 0 aromatic carbocycles. The third kappa shape index (κ3) is 1.72. The molecule has 3 rings (SSSR count). The van der Waals surface area contributed by atoms with E-state index in [1.54, 1.807) is 16.8 Å². The lowest BCUT2D eigenvalue weighted by Crippen LogP contribution is -1.97. The van der Waals surface area contributed by atoms with Crippen molar-refractivity contribution < 1.29 is 4.39 Å². The maximum absolute atomic E-state index is 13.3. The van der Waals surface area contributed by atoms with Crippen LogP contribution in [0.15, 0.2) is 30.6 Å². The van der Waals surface area contributed by atoms with Gasteiger partial charge in [-0.15, -0.1) is 0 Å². The van der Waals surface area contributed by atoms with Crippen LogP contribution in [0.25, 0.3) is 17.2 Å². The van der Waals surface area contributed by atoms with Gasteiger partial charge in [0.05, 0.1) is 6.20 Å². The molecule has 3 heterocycles. The van der Waals surface area contributed by atoms with Crippen LogP contribution in [-0.4, -0.2) is 19.4 Å². The molecule has 0 amide bonds. The molecule has 0 N–H and O–H groups in total. The van der Waals surface area contributed by atoms with Gasteiger partial charge in [0.15, 0.2) is 21.9 Å². The van der Waals surface area contributed by atoms with Crippen LogP contribution in [0.2, 0.25) is 10.3 Å². The summed E-state index contributed by atoms with van der Waals surface area (Å²) < 4.78 is 15.0. The number of pyridine rings is 1. The number of imidazole rings is 1. The monoisotopic (exact) mass is 282 g/mol. The summed E-state index contributed by atoms with van der Waals surface area (Å²) in [5.41, 5.74) is 1.32. The number of aromatic nitrogens is 4. The Kier molecular flexibility index (Phi) is 2.65. The molecule has 0 fully saturated rings. The van der Waals surface area contributed by atoms with Crippen LogP contribution < -0.4 is 0 Å². The van der Waals surface area contributed by atoms with Gasteiger partial charge in [-0.2, -0.15) is 0 Å². The normalized spacial score (nSPS) is 11.1. The van der Waals surface area contributed by atoms with Crippen LogP contribution >= 0.6 is 23.2 Å². The van der Waals surface area contributed by atoms with Gasteiger partial charge in [0.25, 0.3) is 0 Å². The first-order chi connectivity index (χ1) is 8.66. The van der Waals surface area contributed by atoms with E-state index in [1.165, 1.54) is 0 Å². The molecule has 3 aromatic heterocycles. The van der Waals surface area contributed by atoms with Gasteiger partial charge >= 0.3 is 0 Å². The second-order valence-corrected chi connectivity index (χ2v) is 4.23. The van der Waals surface area contributed by atoms with Gasteiger partial charge in [-0.05, 0) is 12.1 Å². The van der Waals surface area contributed by atoms with Crippen molar-refractivity contribution in [1.82, 2.24) is 19.4 Å². The molecule has 0 aliphatic rings. The maximum atomic E-state index is 13.3. The maximum Gasteiger partial charge on any atom is 0.197 e. The van der Waals surface area contributed by atoms with Crippen LogP contribution in [0.3, 0.4) is 0 Å². The molecule has 4 nitrogen and oxygen atoms in total.